The largest absolute Gasteiger partial charge is 0.371 e. The van der Waals surface area contributed by atoms with Crippen molar-refractivity contribution in [3.8, 4) is 0 Å². The highest BCUT2D eigenvalue weighted by atomic mass is 32.2. The lowest BCUT2D eigenvalue weighted by molar-refractivity contribution is 0.102. The zero-order valence-electron chi connectivity index (χ0n) is 15.0. The van der Waals surface area contributed by atoms with Gasteiger partial charge in [0.05, 0.1) is 16.2 Å². The van der Waals surface area contributed by atoms with Crippen LogP contribution in [0.3, 0.4) is 0 Å². The van der Waals surface area contributed by atoms with E-state index in [9.17, 15) is 13.2 Å². The maximum absolute atomic E-state index is 12.9. The van der Waals surface area contributed by atoms with E-state index in [4.69, 9.17) is 0 Å². The predicted molar refractivity (Wildman–Crippen MR) is 104 cm³/mol. The van der Waals surface area contributed by atoms with Crippen LogP contribution in [-0.2, 0) is 10.0 Å². The van der Waals surface area contributed by atoms with Gasteiger partial charge >= 0.3 is 0 Å². The van der Waals surface area contributed by atoms with Gasteiger partial charge in [-0.15, -0.1) is 11.3 Å². The number of rotatable bonds is 5. The molecule has 2 aromatic rings. The van der Waals surface area contributed by atoms with Crippen molar-refractivity contribution in [1.29, 1.82) is 0 Å². The summed E-state index contributed by atoms with van der Waals surface area (Å²) in [5.74, 6) is -0.350. The van der Waals surface area contributed by atoms with Gasteiger partial charge < -0.3 is 4.90 Å². The Morgan fingerprint density at radius 1 is 1.27 bits per heavy atom. The Bertz CT molecular complexity index is 916. The third-order valence-corrected chi connectivity index (χ3v) is 6.96. The Morgan fingerprint density at radius 2 is 1.96 bits per heavy atom. The highest BCUT2D eigenvalue weighted by Gasteiger charge is 2.25. The number of aryl methyl sites for hydroxylation is 1. The molecular weight excluding hydrogens is 372 g/mol. The Kier molecular flexibility index (Phi) is 5.31. The van der Waals surface area contributed by atoms with Crippen LogP contribution in [0.1, 0.15) is 28.9 Å². The summed E-state index contributed by atoms with van der Waals surface area (Å²) in [6, 6.07) is 4.75. The molecule has 1 aliphatic rings. The molecule has 1 saturated heterocycles. The van der Waals surface area contributed by atoms with Crippen LogP contribution < -0.4 is 10.2 Å². The fourth-order valence-corrected chi connectivity index (χ4v) is 4.49. The molecule has 0 atom stereocenters. The molecule has 140 valence electrons. The van der Waals surface area contributed by atoms with Gasteiger partial charge in [-0.25, -0.2) is 17.7 Å². The van der Waals surface area contributed by atoms with E-state index in [-0.39, 0.29) is 10.8 Å². The molecular formula is C17H22N4O3S2. The van der Waals surface area contributed by atoms with E-state index in [0.29, 0.717) is 10.7 Å². The standard InChI is InChI=1S/C17H22N4O3S2/c1-12-11-25-17(18-12)19-16(22)14-10-13(26(23,24)20(2)3)6-7-15(14)21-8-4-5-9-21/h6-7,10-11H,4-5,8-9H2,1-3H3,(H,18,19,22). The summed E-state index contributed by atoms with van der Waals surface area (Å²) < 4.78 is 26.1. The van der Waals surface area contributed by atoms with E-state index in [2.05, 4.69) is 15.2 Å². The average molecular weight is 395 g/mol. The van der Waals surface area contributed by atoms with E-state index >= 15 is 0 Å². The van der Waals surface area contributed by atoms with Gasteiger partial charge in [-0.3, -0.25) is 10.1 Å². The molecule has 0 bridgehead atoms. The lowest BCUT2D eigenvalue weighted by atomic mass is 10.1. The lowest BCUT2D eigenvalue weighted by Crippen LogP contribution is -2.25. The third kappa shape index (κ3) is 3.74. The topological polar surface area (TPSA) is 82.6 Å². The number of hydrogen-bond donors (Lipinski definition) is 1. The number of carbonyl (C=O) groups is 1. The van der Waals surface area contributed by atoms with Crippen molar-refractivity contribution in [2.75, 3.05) is 37.4 Å². The average Bonchev–Trinajstić information content (AvgIpc) is 3.26. The summed E-state index contributed by atoms with van der Waals surface area (Å²) in [5, 5.41) is 5.14. The Balaban J connectivity index is 2.01. The van der Waals surface area contributed by atoms with Gasteiger partial charge in [0, 0.05) is 38.3 Å². The summed E-state index contributed by atoms with van der Waals surface area (Å²) in [7, 11) is -0.672. The molecule has 0 saturated carbocycles. The van der Waals surface area contributed by atoms with Crippen molar-refractivity contribution in [3.63, 3.8) is 0 Å². The van der Waals surface area contributed by atoms with Crippen molar-refractivity contribution < 1.29 is 13.2 Å². The second-order valence-corrected chi connectivity index (χ2v) is 9.42. The first kappa shape index (κ1) is 18.8. The number of hydrogen-bond acceptors (Lipinski definition) is 6. The Labute approximate surface area is 157 Å². The van der Waals surface area contributed by atoms with Crippen molar-refractivity contribution in [2.24, 2.45) is 0 Å². The summed E-state index contributed by atoms with van der Waals surface area (Å²) in [4.78, 5) is 19.3. The van der Waals surface area contributed by atoms with E-state index in [1.54, 1.807) is 12.1 Å². The quantitative estimate of drug-likeness (QED) is 0.843. The van der Waals surface area contributed by atoms with Gasteiger partial charge in [0.15, 0.2) is 5.13 Å². The molecule has 1 amide bonds. The highest BCUT2D eigenvalue weighted by Crippen LogP contribution is 2.29. The normalized spacial score (nSPS) is 14.8. The molecule has 2 heterocycles. The van der Waals surface area contributed by atoms with E-state index in [1.807, 2.05) is 12.3 Å². The molecule has 1 aromatic carbocycles. The summed E-state index contributed by atoms with van der Waals surface area (Å²) >= 11 is 1.34. The number of nitrogens with one attached hydrogen (secondary N) is 1. The van der Waals surface area contributed by atoms with Crippen molar-refractivity contribution in [3.05, 3.63) is 34.8 Å². The number of amides is 1. The minimum absolute atomic E-state index is 0.103. The molecule has 7 nitrogen and oxygen atoms in total. The van der Waals surface area contributed by atoms with Crippen LogP contribution in [0.25, 0.3) is 0 Å². The first-order valence-electron chi connectivity index (χ1n) is 8.34. The molecule has 26 heavy (non-hydrogen) atoms. The minimum Gasteiger partial charge on any atom is -0.371 e. The zero-order valence-corrected chi connectivity index (χ0v) is 16.7. The summed E-state index contributed by atoms with van der Waals surface area (Å²) in [5.41, 5.74) is 1.93. The second kappa shape index (κ2) is 7.34. The first-order chi connectivity index (χ1) is 12.3. The fraction of sp³-hybridized carbons (Fsp3) is 0.412. The van der Waals surface area contributed by atoms with Crippen LogP contribution >= 0.6 is 11.3 Å². The third-order valence-electron chi connectivity index (χ3n) is 4.28. The molecule has 1 aromatic heterocycles. The molecule has 1 fully saturated rings. The maximum atomic E-state index is 12.9. The number of carbonyl (C=O) groups excluding carboxylic acids is 1. The van der Waals surface area contributed by atoms with Crippen LogP contribution in [0.15, 0.2) is 28.5 Å². The van der Waals surface area contributed by atoms with Crippen LogP contribution in [0.5, 0.6) is 0 Å². The number of benzene rings is 1. The molecule has 1 N–H and O–H groups in total. The Hall–Kier alpha value is -1.97. The van der Waals surface area contributed by atoms with Gasteiger partial charge in [-0.2, -0.15) is 0 Å². The van der Waals surface area contributed by atoms with Gasteiger partial charge in [0.2, 0.25) is 10.0 Å². The monoisotopic (exact) mass is 394 g/mol. The maximum Gasteiger partial charge on any atom is 0.259 e. The molecule has 3 rings (SSSR count). The molecule has 0 radical (unpaired) electrons. The lowest BCUT2D eigenvalue weighted by Gasteiger charge is -2.22. The van der Waals surface area contributed by atoms with E-state index in [1.165, 1.54) is 31.5 Å². The van der Waals surface area contributed by atoms with Gasteiger partial charge in [-0.05, 0) is 38.0 Å². The molecule has 0 spiro atoms. The highest BCUT2D eigenvalue weighted by molar-refractivity contribution is 7.89. The predicted octanol–water partition coefficient (Wildman–Crippen LogP) is 2.55. The van der Waals surface area contributed by atoms with Gasteiger partial charge in [0.1, 0.15) is 0 Å². The molecule has 9 heteroatoms. The second-order valence-electron chi connectivity index (χ2n) is 6.41. The summed E-state index contributed by atoms with van der Waals surface area (Å²) in [6.45, 7) is 3.57. The van der Waals surface area contributed by atoms with Gasteiger partial charge in [0.25, 0.3) is 5.91 Å². The minimum atomic E-state index is -3.62. The van der Waals surface area contributed by atoms with Crippen LogP contribution in [-0.4, -0.2) is 50.8 Å². The van der Waals surface area contributed by atoms with E-state index in [0.717, 1.165) is 41.6 Å². The number of sulfonamides is 1. The number of anilines is 2. The summed E-state index contributed by atoms with van der Waals surface area (Å²) in [6.07, 6.45) is 2.12. The van der Waals surface area contributed by atoms with Crippen LogP contribution in [0, 0.1) is 6.92 Å². The SMILES string of the molecule is Cc1csc(NC(=O)c2cc(S(=O)(=O)N(C)C)ccc2N2CCCC2)n1. The Morgan fingerprint density at radius 3 is 2.54 bits per heavy atom. The number of aromatic nitrogens is 1. The van der Waals surface area contributed by atoms with Gasteiger partial charge in [-0.1, -0.05) is 0 Å². The van der Waals surface area contributed by atoms with Crippen molar-refractivity contribution >= 4 is 38.1 Å². The van der Waals surface area contributed by atoms with Crippen LogP contribution in [0.4, 0.5) is 10.8 Å². The molecule has 0 unspecified atom stereocenters. The molecule has 1 aliphatic heterocycles. The first-order valence-corrected chi connectivity index (χ1v) is 10.7. The smallest absolute Gasteiger partial charge is 0.259 e. The van der Waals surface area contributed by atoms with Crippen molar-refractivity contribution in [2.45, 2.75) is 24.7 Å². The number of thiazole rings is 1. The van der Waals surface area contributed by atoms with Crippen molar-refractivity contribution in [1.82, 2.24) is 9.29 Å². The fourth-order valence-electron chi connectivity index (χ4n) is 2.88. The zero-order chi connectivity index (χ0) is 18.9. The van der Waals surface area contributed by atoms with E-state index < -0.39 is 10.0 Å². The number of nitrogens with zero attached hydrogens (tertiary/aromatic N) is 3. The van der Waals surface area contributed by atoms with Crippen LogP contribution in [0.2, 0.25) is 0 Å². The molecule has 0 aliphatic carbocycles.